The van der Waals surface area contributed by atoms with Crippen molar-refractivity contribution in [1.82, 2.24) is 20.3 Å². The number of hydrogen-bond donors (Lipinski definition) is 1. The molecule has 150 valence electrons. The Labute approximate surface area is 169 Å². The summed E-state index contributed by atoms with van der Waals surface area (Å²) in [6, 6.07) is 7.79. The highest BCUT2D eigenvalue weighted by molar-refractivity contribution is 5.94. The number of nitrogens with zero attached hydrogens (tertiary/aromatic N) is 3. The van der Waals surface area contributed by atoms with Crippen LogP contribution in [0.25, 0.3) is 5.69 Å². The Morgan fingerprint density at radius 3 is 2.83 bits per heavy atom. The van der Waals surface area contributed by atoms with Crippen molar-refractivity contribution in [2.24, 2.45) is 0 Å². The largest absolute Gasteiger partial charge is 0.497 e. The second-order valence-corrected chi connectivity index (χ2v) is 7.71. The van der Waals surface area contributed by atoms with E-state index in [0.29, 0.717) is 5.69 Å². The number of carbonyl (C=O) groups is 1. The fraction of sp³-hybridized carbons (Fsp3) is 0.409. The van der Waals surface area contributed by atoms with Gasteiger partial charge in [0.1, 0.15) is 11.5 Å². The summed E-state index contributed by atoms with van der Waals surface area (Å²) in [5.41, 5.74) is 4.66. The van der Waals surface area contributed by atoms with Crippen LogP contribution in [-0.2, 0) is 19.3 Å². The van der Waals surface area contributed by atoms with Gasteiger partial charge in [-0.05, 0) is 62.8 Å². The summed E-state index contributed by atoms with van der Waals surface area (Å²) in [5.74, 6) is 1.54. The van der Waals surface area contributed by atoms with Gasteiger partial charge in [-0.15, -0.1) is 0 Å². The number of fused-ring (bicyclic) bond motifs is 2. The topological polar surface area (TPSA) is 82.2 Å². The number of nitrogens with one attached hydrogen (secondary N) is 1. The second kappa shape index (κ2) is 7.39. The Kier molecular flexibility index (Phi) is 4.58. The molecule has 1 atom stereocenters. The maximum absolute atomic E-state index is 12.9. The third-order valence-corrected chi connectivity index (χ3v) is 5.97. The lowest BCUT2D eigenvalue weighted by Crippen LogP contribution is -2.32. The van der Waals surface area contributed by atoms with Gasteiger partial charge in [-0.25, -0.2) is 4.68 Å². The summed E-state index contributed by atoms with van der Waals surface area (Å²) in [5, 5.41) is 11.8. The van der Waals surface area contributed by atoms with Gasteiger partial charge in [0.05, 0.1) is 25.0 Å². The average Bonchev–Trinajstić information content (AvgIpc) is 3.39. The van der Waals surface area contributed by atoms with Gasteiger partial charge < -0.3 is 14.6 Å². The van der Waals surface area contributed by atoms with Gasteiger partial charge in [0.15, 0.2) is 5.69 Å². The van der Waals surface area contributed by atoms with Crippen molar-refractivity contribution in [3.05, 3.63) is 58.7 Å². The van der Waals surface area contributed by atoms with Crippen molar-refractivity contribution >= 4 is 5.91 Å². The molecule has 0 radical (unpaired) electrons. The molecule has 2 aromatic heterocycles. The molecule has 29 heavy (non-hydrogen) atoms. The standard InChI is InChI=1S/C22H24N4O3/c1-28-15-11-9-14(10-12-15)26-19-7-4-6-18(17(19)13-23-26)24-22(27)21-16-5-2-3-8-20(16)29-25-21/h9-13,18H,2-8H2,1H3,(H,24,27)/t18-/m0/s1. The smallest absolute Gasteiger partial charge is 0.274 e. The van der Waals surface area contributed by atoms with Gasteiger partial charge in [0, 0.05) is 23.2 Å². The van der Waals surface area contributed by atoms with E-state index in [2.05, 4.69) is 15.6 Å². The molecule has 1 amide bonds. The molecule has 0 fully saturated rings. The average molecular weight is 392 g/mol. The highest BCUT2D eigenvalue weighted by Crippen LogP contribution is 2.32. The van der Waals surface area contributed by atoms with Crippen LogP contribution in [0.2, 0.25) is 0 Å². The molecular formula is C22H24N4O3. The molecule has 1 N–H and O–H groups in total. The van der Waals surface area contributed by atoms with E-state index in [1.807, 2.05) is 35.1 Å². The van der Waals surface area contributed by atoms with Crippen LogP contribution in [0.4, 0.5) is 0 Å². The Hall–Kier alpha value is -3.09. The van der Waals surface area contributed by atoms with Crippen molar-refractivity contribution < 1.29 is 14.1 Å². The molecule has 1 aromatic carbocycles. The Balaban J connectivity index is 1.39. The van der Waals surface area contributed by atoms with Gasteiger partial charge in [-0.2, -0.15) is 5.10 Å². The molecule has 0 saturated heterocycles. The number of benzene rings is 1. The lowest BCUT2D eigenvalue weighted by atomic mass is 9.92. The summed E-state index contributed by atoms with van der Waals surface area (Å²) < 4.78 is 12.6. The Morgan fingerprint density at radius 2 is 2.00 bits per heavy atom. The SMILES string of the molecule is COc1ccc(-n2ncc3c2CCC[C@@H]3NC(=O)c2noc3c2CCCC3)cc1. The maximum Gasteiger partial charge on any atom is 0.274 e. The number of carbonyl (C=O) groups excluding carboxylic acids is 1. The normalized spacial score (nSPS) is 18.0. The number of rotatable bonds is 4. The van der Waals surface area contributed by atoms with E-state index in [1.54, 1.807) is 7.11 Å². The van der Waals surface area contributed by atoms with Crippen LogP contribution in [0.1, 0.15) is 64.8 Å². The van der Waals surface area contributed by atoms with Crippen LogP contribution < -0.4 is 10.1 Å². The van der Waals surface area contributed by atoms with Gasteiger partial charge in [0.2, 0.25) is 0 Å². The number of hydrogen-bond acceptors (Lipinski definition) is 5. The zero-order valence-corrected chi connectivity index (χ0v) is 16.5. The third-order valence-electron chi connectivity index (χ3n) is 5.97. The summed E-state index contributed by atoms with van der Waals surface area (Å²) >= 11 is 0. The Bertz CT molecular complexity index is 1040. The zero-order valence-electron chi connectivity index (χ0n) is 16.5. The van der Waals surface area contributed by atoms with Crippen LogP contribution in [0.3, 0.4) is 0 Å². The first-order chi connectivity index (χ1) is 14.2. The lowest BCUT2D eigenvalue weighted by molar-refractivity contribution is 0.0922. The van der Waals surface area contributed by atoms with Crippen molar-refractivity contribution in [3.63, 3.8) is 0 Å². The highest BCUT2D eigenvalue weighted by atomic mass is 16.5. The van der Waals surface area contributed by atoms with E-state index in [-0.39, 0.29) is 11.9 Å². The van der Waals surface area contributed by atoms with Crippen molar-refractivity contribution in [2.45, 2.75) is 51.0 Å². The number of methoxy groups -OCH3 is 1. The molecule has 7 nitrogen and oxygen atoms in total. The molecule has 2 aliphatic carbocycles. The monoisotopic (exact) mass is 392 g/mol. The van der Waals surface area contributed by atoms with Crippen LogP contribution in [-0.4, -0.2) is 28.0 Å². The van der Waals surface area contributed by atoms with E-state index >= 15 is 0 Å². The van der Waals surface area contributed by atoms with E-state index in [9.17, 15) is 4.79 Å². The molecule has 0 aliphatic heterocycles. The Morgan fingerprint density at radius 1 is 1.17 bits per heavy atom. The molecule has 2 aliphatic rings. The third kappa shape index (κ3) is 3.20. The first-order valence-electron chi connectivity index (χ1n) is 10.2. The van der Waals surface area contributed by atoms with Crippen LogP contribution in [0, 0.1) is 0 Å². The summed E-state index contributed by atoms with van der Waals surface area (Å²) in [6.07, 6.45) is 8.63. The molecule has 2 heterocycles. The number of aromatic nitrogens is 3. The van der Waals surface area contributed by atoms with Gasteiger partial charge in [-0.1, -0.05) is 5.16 Å². The fourth-order valence-corrected chi connectivity index (χ4v) is 4.44. The van der Waals surface area contributed by atoms with Gasteiger partial charge >= 0.3 is 0 Å². The summed E-state index contributed by atoms with van der Waals surface area (Å²) in [6.45, 7) is 0. The van der Waals surface area contributed by atoms with Gasteiger partial charge in [0.25, 0.3) is 5.91 Å². The van der Waals surface area contributed by atoms with E-state index < -0.39 is 0 Å². The molecule has 3 aromatic rings. The van der Waals surface area contributed by atoms with Crippen molar-refractivity contribution in [3.8, 4) is 11.4 Å². The summed E-state index contributed by atoms with van der Waals surface area (Å²) in [4.78, 5) is 12.9. The molecular weight excluding hydrogens is 368 g/mol. The van der Waals surface area contributed by atoms with Crippen LogP contribution in [0.5, 0.6) is 5.75 Å². The first-order valence-corrected chi connectivity index (χ1v) is 10.2. The number of amides is 1. The van der Waals surface area contributed by atoms with Crippen molar-refractivity contribution in [2.75, 3.05) is 7.11 Å². The van der Waals surface area contributed by atoms with Crippen LogP contribution >= 0.6 is 0 Å². The molecule has 0 unspecified atom stereocenters. The predicted molar refractivity (Wildman–Crippen MR) is 106 cm³/mol. The predicted octanol–water partition coefficient (Wildman–Crippen LogP) is 3.56. The fourth-order valence-electron chi connectivity index (χ4n) is 4.44. The minimum absolute atomic E-state index is 0.0609. The zero-order chi connectivity index (χ0) is 19.8. The van der Waals surface area contributed by atoms with E-state index in [1.165, 1.54) is 0 Å². The maximum atomic E-state index is 12.9. The van der Waals surface area contributed by atoms with Crippen molar-refractivity contribution in [1.29, 1.82) is 0 Å². The minimum Gasteiger partial charge on any atom is -0.497 e. The molecule has 0 bridgehead atoms. The van der Waals surface area contributed by atoms with Gasteiger partial charge in [-0.3, -0.25) is 4.79 Å². The summed E-state index contributed by atoms with van der Waals surface area (Å²) in [7, 11) is 1.66. The molecule has 0 spiro atoms. The van der Waals surface area contributed by atoms with E-state index in [0.717, 1.165) is 79.0 Å². The number of ether oxygens (including phenoxy) is 1. The highest BCUT2D eigenvalue weighted by Gasteiger charge is 2.29. The minimum atomic E-state index is -0.146. The van der Waals surface area contributed by atoms with Crippen LogP contribution in [0.15, 0.2) is 35.0 Å². The van der Waals surface area contributed by atoms with E-state index in [4.69, 9.17) is 9.26 Å². The second-order valence-electron chi connectivity index (χ2n) is 7.71. The quantitative estimate of drug-likeness (QED) is 0.734. The molecule has 0 saturated carbocycles. The molecule has 5 rings (SSSR count). The lowest BCUT2D eigenvalue weighted by Gasteiger charge is -2.24. The molecule has 7 heteroatoms. The first kappa shape index (κ1) is 18.0. The number of aryl methyl sites for hydroxylation is 1.